The largest absolute Gasteiger partial charge is 0.461 e. The first-order valence-corrected chi connectivity index (χ1v) is 14.4. The van der Waals surface area contributed by atoms with Crippen LogP contribution in [0, 0.1) is 34.5 Å². The third-order valence-electron chi connectivity index (χ3n) is 9.85. The van der Waals surface area contributed by atoms with Crippen molar-refractivity contribution < 1.29 is 34.1 Å². The maximum Gasteiger partial charge on any atom is 0.331 e. The van der Waals surface area contributed by atoms with Gasteiger partial charge in [0.25, 0.3) is 0 Å². The number of ketones is 1. The summed E-state index contributed by atoms with van der Waals surface area (Å²) in [5.41, 5.74) is -2.88. The predicted octanol–water partition coefficient (Wildman–Crippen LogP) is 4.63. The molecule has 0 aromatic carbocycles. The molecule has 4 rings (SSSR count). The molecule has 4 aliphatic carbocycles. The molecule has 0 aliphatic heterocycles. The van der Waals surface area contributed by atoms with Crippen LogP contribution in [-0.2, 0) is 23.9 Å². The second kappa shape index (κ2) is 10.8. The molecule has 2 saturated carbocycles. The SMILES string of the molecule is CCCCC/C=C\C=C\C(=O)O[C@@H]1C(COC(C)=O)=C[C@@H]2C(=O)C3(C=C(C)[C@H](O)[C@@]13O)[C@H](C)C[C@@H]1[C@H]2C1(C)C. The number of aliphatic hydroxyl groups excluding tert-OH is 1. The van der Waals surface area contributed by atoms with E-state index < -0.39 is 41.1 Å². The zero-order valence-electron chi connectivity index (χ0n) is 24.1. The molecule has 2 fully saturated rings. The van der Waals surface area contributed by atoms with E-state index >= 15 is 0 Å². The van der Waals surface area contributed by atoms with Gasteiger partial charge in [0.2, 0.25) is 0 Å². The van der Waals surface area contributed by atoms with E-state index in [0.29, 0.717) is 17.6 Å². The van der Waals surface area contributed by atoms with Gasteiger partial charge in [-0.15, -0.1) is 0 Å². The molecule has 1 unspecified atom stereocenters. The molecule has 7 heteroatoms. The molecule has 1 spiro atoms. The van der Waals surface area contributed by atoms with Gasteiger partial charge in [-0.25, -0.2) is 4.79 Å². The molecule has 2 bridgehead atoms. The van der Waals surface area contributed by atoms with Crippen molar-refractivity contribution in [2.75, 3.05) is 6.61 Å². The number of carbonyl (C=O) groups excluding carboxylic acids is 3. The quantitative estimate of drug-likeness (QED) is 0.144. The van der Waals surface area contributed by atoms with Crippen molar-refractivity contribution in [1.82, 2.24) is 0 Å². The monoisotopic (exact) mass is 540 g/mol. The van der Waals surface area contributed by atoms with E-state index in [4.69, 9.17) is 9.47 Å². The van der Waals surface area contributed by atoms with E-state index in [1.165, 1.54) is 13.0 Å². The third kappa shape index (κ3) is 4.76. The van der Waals surface area contributed by atoms with Gasteiger partial charge in [0.1, 0.15) is 12.7 Å². The molecule has 2 N–H and O–H groups in total. The van der Waals surface area contributed by atoms with Crippen LogP contribution < -0.4 is 0 Å². The molecule has 7 nitrogen and oxygen atoms in total. The Hall–Kier alpha value is -2.51. The lowest BCUT2D eigenvalue weighted by molar-refractivity contribution is -0.202. The number of rotatable bonds is 9. The summed E-state index contributed by atoms with van der Waals surface area (Å²) in [6, 6.07) is 0. The number of allylic oxidation sites excluding steroid dienone is 4. The van der Waals surface area contributed by atoms with E-state index in [-0.39, 0.29) is 35.6 Å². The van der Waals surface area contributed by atoms with E-state index in [1.807, 2.05) is 13.0 Å². The van der Waals surface area contributed by atoms with Gasteiger partial charge in [-0.05, 0) is 54.9 Å². The van der Waals surface area contributed by atoms with Crippen molar-refractivity contribution in [3.05, 3.63) is 47.6 Å². The highest BCUT2D eigenvalue weighted by molar-refractivity contribution is 5.95. The van der Waals surface area contributed by atoms with Crippen molar-refractivity contribution in [3.8, 4) is 0 Å². The second-order valence-corrected chi connectivity index (χ2v) is 12.6. The summed E-state index contributed by atoms with van der Waals surface area (Å²) in [6.07, 6.45) is 12.2. The molecular formula is C32H44O7. The van der Waals surface area contributed by atoms with Crippen molar-refractivity contribution in [3.63, 3.8) is 0 Å². The first-order valence-electron chi connectivity index (χ1n) is 14.4. The molecule has 39 heavy (non-hydrogen) atoms. The summed E-state index contributed by atoms with van der Waals surface area (Å²) in [6.45, 7) is 11.1. The smallest absolute Gasteiger partial charge is 0.331 e. The number of aliphatic hydroxyl groups is 2. The molecule has 0 radical (unpaired) electrons. The number of carbonyl (C=O) groups is 3. The average molecular weight is 541 g/mol. The van der Waals surface area contributed by atoms with Crippen LogP contribution >= 0.6 is 0 Å². The van der Waals surface area contributed by atoms with Gasteiger partial charge >= 0.3 is 11.9 Å². The fourth-order valence-corrected chi connectivity index (χ4v) is 7.72. The van der Waals surface area contributed by atoms with Crippen molar-refractivity contribution in [2.24, 2.45) is 34.5 Å². The Kier molecular flexibility index (Phi) is 8.17. The summed E-state index contributed by atoms with van der Waals surface area (Å²) in [5.74, 6) is -1.98. The van der Waals surface area contributed by atoms with E-state index in [1.54, 1.807) is 31.2 Å². The Labute approximate surface area is 232 Å². The molecule has 214 valence electrons. The fraction of sp³-hybridized carbons (Fsp3) is 0.656. The van der Waals surface area contributed by atoms with Crippen LogP contribution in [0.1, 0.15) is 73.6 Å². The predicted molar refractivity (Wildman–Crippen MR) is 147 cm³/mol. The highest BCUT2D eigenvalue weighted by Crippen LogP contribution is 2.71. The van der Waals surface area contributed by atoms with Crippen LogP contribution in [0.15, 0.2) is 47.6 Å². The standard InChI is InChI=1S/C32H44O7/c1-7-8-9-10-11-12-13-14-25(34)39-29-22(18-38-21(4)33)16-23-26-24(30(26,5)6)15-20(3)31(28(23)36)17-19(2)27(35)32(29,31)37/h11-14,16-17,20,23-24,26-27,29,35,37H,7-10,15,18H2,1-6H3/b12-11-,14-13+/t20-,23+,24-,26+,27+,29-,31?,32-/m1/s1. The Bertz CT molecular complexity index is 1130. The molecule has 4 aliphatic rings. The minimum absolute atomic E-state index is 0.0436. The molecule has 0 aromatic rings. The minimum atomic E-state index is -2.14. The number of unbranched alkanes of at least 4 members (excludes halogenated alkanes) is 3. The summed E-state index contributed by atoms with van der Waals surface area (Å²) < 4.78 is 11.3. The van der Waals surface area contributed by atoms with Gasteiger partial charge in [-0.1, -0.05) is 70.9 Å². The Morgan fingerprint density at radius 2 is 1.92 bits per heavy atom. The van der Waals surface area contributed by atoms with E-state index in [9.17, 15) is 24.6 Å². The van der Waals surface area contributed by atoms with Gasteiger partial charge in [-0.3, -0.25) is 9.59 Å². The third-order valence-corrected chi connectivity index (χ3v) is 9.85. The molecule has 0 saturated heterocycles. The van der Waals surface area contributed by atoms with Crippen LogP contribution in [0.5, 0.6) is 0 Å². The number of hydrogen-bond acceptors (Lipinski definition) is 7. The van der Waals surface area contributed by atoms with Crippen LogP contribution in [-0.4, -0.2) is 52.4 Å². The lowest BCUT2D eigenvalue weighted by Gasteiger charge is -2.49. The summed E-state index contributed by atoms with van der Waals surface area (Å²) >= 11 is 0. The fourth-order valence-electron chi connectivity index (χ4n) is 7.72. The number of ether oxygens (including phenoxy) is 2. The van der Waals surface area contributed by atoms with Gasteiger partial charge in [-0.2, -0.15) is 0 Å². The summed E-state index contributed by atoms with van der Waals surface area (Å²) in [5, 5.41) is 24.0. The average Bonchev–Trinajstić information content (AvgIpc) is 3.38. The van der Waals surface area contributed by atoms with Crippen molar-refractivity contribution in [2.45, 2.75) is 91.5 Å². The second-order valence-electron chi connectivity index (χ2n) is 12.6. The molecule has 0 aromatic heterocycles. The van der Waals surface area contributed by atoms with Gasteiger partial charge < -0.3 is 19.7 Å². The first kappa shape index (κ1) is 29.5. The molecule has 0 amide bonds. The summed E-state index contributed by atoms with van der Waals surface area (Å²) in [7, 11) is 0. The molecule has 8 atom stereocenters. The summed E-state index contributed by atoms with van der Waals surface area (Å²) in [4.78, 5) is 39.4. The zero-order valence-corrected chi connectivity index (χ0v) is 24.1. The maximum absolute atomic E-state index is 14.5. The lowest BCUT2D eigenvalue weighted by atomic mass is 9.59. The van der Waals surface area contributed by atoms with Crippen molar-refractivity contribution >= 4 is 17.7 Å². The van der Waals surface area contributed by atoms with Crippen LogP contribution in [0.3, 0.4) is 0 Å². The Morgan fingerprint density at radius 3 is 2.59 bits per heavy atom. The molecular weight excluding hydrogens is 496 g/mol. The first-order chi connectivity index (χ1) is 18.3. The van der Waals surface area contributed by atoms with Gasteiger partial charge in [0.15, 0.2) is 17.5 Å². The van der Waals surface area contributed by atoms with Crippen LogP contribution in [0.25, 0.3) is 0 Å². The lowest BCUT2D eigenvalue weighted by Crippen LogP contribution is -2.66. The normalized spacial score (nSPS) is 38.4. The Morgan fingerprint density at radius 1 is 1.21 bits per heavy atom. The zero-order chi connectivity index (χ0) is 28.8. The highest BCUT2D eigenvalue weighted by atomic mass is 16.6. The number of fused-ring (bicyclic) bond motifs is 3. The van der Waals surface area contributed by atoms with E-state index in [0.717, 1.165) is 25.7 Å². The number of Topliss-reactive ketones (excluding diaryl/α,β-unsaturated/α-hetero) is 1. The number of esters is 2. The van der Waals surface area contributed by atoms with Gasteiger partial charge in [0.05, 0.1) is 5.41 Å². The van der Waals surface area contributed by atoms with Gasteiger partial charge in [0, 0.05) is 24.5 Å². The van der Waals surface area contributed by atoms with Crippen LogP contribution in [0.4, 0.5) is 0 Å². The number of hydrogen-bond donors (Lipinski definition) is 2. The topological polar surface area (TPSA) is 110 Å². The highest BCUT2D eigenvalue weighted by Gasteiger charge is 2.76. The van der Waals surface area contributed by atoms with Crippen molar-refractivity contribution in [1.29, 1.82) is 0 Å². The Balaban J connectivity index is 1.76. The van der Waals surface area contributed by atoms with E-state index in [2.05, 4.69) is 20.8 Å². The van der Waals surface area contributed by atoms with Crippen LogP contribution in [0.2, 0.25) is 0 Å². The maximum atomic E-state index is 14.5. The minimum Gasteiger partial charge on any atom is -0.461 e. The molecule has 0 heterocycles.